The lowest BCUT2D eigenvalue weighted by Gasteiger charge is -2.36. The Labute approximate surface area is 95.0 Å². The molecule has 0 amide bonds. The average Bonchev–Trinajstić information content (AvgIpc) is 2.17. The Hall–Kier alpha value is -0.800. The Morgan fingerprint density at radius 3 is 2.53 bits per heavy atom. The molecule has 15 heavy (non-hydrogen) atoms. The smallest absolute Gasteiger partial charge is 0.129 e. The predicted octanol–water partition coefficient (Wildman–Crippen LogP) is 2.35. The number of morpholine rings is 1. The number of hydrogen-bond acceptors (Lipinski definition) is 3. The van der Waals surface area contributed by atoms with Crippen LogP contribution < -0.4 is 4.90 Å². The number of halogens is 1. The minimum atomic E-state index is 0.268. The number of anilines is 1. The molecule has 1 aromatic rings. The molecule has 3 nitrogen and oxygen atoms in total. The highest BCUT2D eigenvalue weighted by atomic mass is 35.5. The molecule has 0 spiro atoms. The van der Waals surface area contributed by atoms with Crippen molar-refractivity contribution in [2.75, 3.05) is 18.0 Å². The minimum absolute atomic E-state index is 0.268. The van der Waals surface area contributed by atoms with Gasteiger partial charge >= 0.3 is 0 Å². The lowest BCUT2D eigenvalue weighted by molar-refractivity contribution is -0.00523. The molecule has 0 radical (unpaired) electrons. The van der Waals surface area contributed by atoms with Crippen LogP contribution in [0.1, 0.15) is 13.8 Å². The van der Waals surface area contributed by atoms with E-state index in [4.69, 9.17) is 16.3 Å². The van der Waals surface area contributed by atoms with E-state index >= 15 is 0 Å². The summed E-state index contributed by atoms with van der Waals surface area (Å²) in [6.07, 6.45) is 2.35. The van der Waals surface area contributed by atoms with Gasteiger partial charge in [-0.15, -0.1) is 0 Å². The maximum absolute atomic E-state index is 5.75. The monoisotopic (exact) mass is 226 g/mol. The standard InChI is InChI=1S/C11H15ClN2O/c1-8-6-14(7-9(2)15-8)10-3-4-11(12)13-5-10/h3-5,8-9H,6-7H2,1-2H3. The van der Waals surface area contributed by atoms with Crippen LogP contribution in [0.3, 0.4) is 0 Å². The Morgan fingerprint density at radius 2 is 2.00 bits per heavy atom. The van der Waals surface area contributed by atoms with Crippen LogP contribution in [0.4, 0.5) is 5.69 Å². The van der Waals surface area contributed by atoms with Crippen molar-refractivity contribution in [2.24, 2.45) is 0 Å². The predicted molar refractivity (Wildman–Crippen MR) is 61.5 cm³/mol. The van der Waals surface area contributed by atoms with Crippen LogP contribution in [-0.4, -0.2) is 30.3 Å². The second-order valence-corrected chi connectivity index (χ2v) is 4.39. The Bertz CT molecular complexity index is 318. The van der Waals surface area contributed by atoms with E-state index in [1.165, 1.54) is 0 Å². The molecule has 1 saturated heterocycles. The fraction of sp³-hybridized carbons (Fsp3) is 0.545. The van der Waals surface area contributed by atoms with E-state index in [1.54, 1.807) is 0 Å². The topological polar surface area (TPSA) is 25.4 Å². The second-order valence-electron chi connectivity index (χ2n) is 4.00. The van der Waals surface area contributed by atoms with Crippen LogP contribution >= 0.6 is 11.6 Å². The first-order chi connectivity index (χ1) is 7.15. The molecule has 0 N–H and O–H groups in total. The van der Waals surface area contributed by atoms with Gasteiger partial charge in [-0.2, -0.15) is 0 Å². The molecule has 2 unspecified atom stereocenters. The molecule has 2 rings (SSSR count). The van der Waals surface area contributed by atoms with Crippen molar-refractivity contribution in [2.45, 2.75) is 26.1 Å². The number of pyridine rings is 1. The van der Waals surface area contributed by atoms with Gasteiger partial charge in [-0.25, -0.2) is 4.98 Å². The zero-order chi connectivity index (χ0) is 10.8. The average molecular weight is 227 g/mol. The van der Waals surface area contributed by atoms with Gasteiger partial charge in [0.1, 0.15) is 5.15 Å². The van der Waals surface area contributed by atoms with E-state index in [9.17, 15) is 0 Å². The SMILES string of the molecule is CC1CN(c2ccc(Cl)nc2)CC(C)O1. The first-order valence-corrected chi connectivity index (χ1v) is 5.55. The molecule has 4 heteroatoms. The van der Waals surface area contributed by atoms with Crippen LogP contribution in [-0.2, 0) is 4.74 Å². The first kappa shape index (κ1) is 10.7. The normalized spacial score (nSPS) is 26.7. The quantitative estimate of drug-likeness (QED) is 0.688. The third kappa shape index (κ3) is 2.61. The summed E-state index contributed by atoms with van der Waals surface area (Å²) in [6.45, 7) is 6.00. The lowest BCUT2D eigenvalue weighted by Crippen LogP contribution is -2.45. The van der Waals surface area contributed by atoms with Crippen molar-refractivity contribution in [1.82, 2.24) is 4.98 Å². The van der Waals surface area contributed by atoms with Crippen molar-refractivity contribution in [3.8, 4) is 0 Å². The van der Waals surface area contributed by atoms with E-state index < -0.39 is 0 Å². The zero-order valence-electron chi connectivity index (χ0n) is 8.98. The number of nitrogens with zero attached hydrogens (tertiary/aromatic N) is 2. The summed E-state index contributed by atoms with van der Waals surface area (Å²) < 4.78 is 5.67. The Kier molecular flexibility index (Phi) is 3.12. The number of ether oxygens (including phenoxy) is 1. The summed E-state index contributed by atoms with van der Waals surface area (Å²) in [4.78, 5) is 6.37. The van der Waals surface area contributed by atoms with Gasteiger partial charge in [-0.05, 0) is 26.0 Å². The van der Waals surface area contributed by atoms with E-state index in [1.807, 2.05) is 18.3 Å². The van der Waals surface area contributed by atoms with Crippen LogP contribution in [0.15, 0.2) is 18.3 Å². The van der Waals surface area contributed by atoms with E-state index in [0.29, 0.717) is 5.15 Å². The van der Waals surface area contributed by atoms with Gasteiger partial charge < -0.3 is 9.64 Å². The fourth-order valence-electron chi connectivity index (χ4n) is 1.94. The lowest BCUT2D eigenvalue weighted by atomic mass is 10.2. The molecule has 2 atom stereocenters. The number of hydrogen-bond donors (Lipinski definition) is 0. The number of rotatable bonds is 1. The summed E-state index contributed by atoms with van der Waals surface area (Å²) >= 11 is 5.75. The van der Waals surface area contributed by atoms with Crippen LogP contribution in [0.25, 0.3) is 0 Å². The minimum Gasteiger partial charge on any atom is -0.372 e. The summed E-state index contributed by atoms with van der Waals surface area (Å²) in [5.41, 5.74) is 1.11. The van der Waals surface area contributed by atoms with Crippen molar-refractivity contribution >= 4 is 17.3 Å². The Balaban J connectivity index is 2.12. The molecule has 1 aromatic heterocycles. The van der Waals surface area contributed by atoms with Crippen molar-refractivity contribution < 1.29 is 4.74 Å². The fourth-order valence-corrected chi connectivity index (χ4v) is 2.06. The van der Waals surface area contributed by atoms with Gasteiger partial charge in [0, 0.05) is 13.1 Å². The van der Waals surface area contributed by atoms with E-state index in [0.717, 1.165) is 18.8 Å². The summed E-state index contributed by atoms with van der Waals surface area (Å²) in [5.74, 6) is 0. The third-order valence-corrected chi connectivity index (χ3v) is 2.72. The Morgan fingerprint density at radius 1 is 1.33 bits per heavy atom. The second kappa shape index (κ2) is 4.37. The van der Waals surface area contributed by atoms with Gasteiger partial charge in [-0.3, -0.25) is 0 Å². The number of aromatic nitrogens is 1. The van der Waals surface area contributed by atoms with Gasteiger partial charge in [0.2, 0.25) is 0 Å². The van der Waals surface area contributed by atoms with Gasteiger partial charge in [0.25, 0.3) is 0 Å². The highest BCUT2D eigenvalue weighted by Crippen LogP contribution is 2.20. The summed E-state index contributed by atoms with van der Waals surface area (Å²) in [5, 5.41) is 0.535. The molecule has 82 valence electrons. The highest BCUT2D eigenvalue weighted by Gasteiger charge is 2.22. The maximum Gasteiger partial charge on any atom is 0.129 e. The first-order valence-electron chi connectivity index (χ1n) is 5.17. The van der Waals surface area contributed by atoms with Crippen molar-refractivity contribution in [3.05, 3.63) is 23.5 Å². The summed E-state index contributed by atoms with van der Waals surface area (Å²) in [6, 6.07) is 3.82. The molecular formula is C11H15ClN2O. The summed E-state index contributed by atoms with van der Waals surface area (Å²) in [7, 11) is 0. The molecule has 1 aliphatic rings. The molecular weight excluding hydrogens is 212 g/mol. The molecule has 0 bridgehead atoms. The maximum atomic E-state index is 5.75. The zero-order valence-corrected chi connectivity index (χ0v) is 9.74. The third-order valence-electron chi connectivity index (χ3n) is 2.50. The van der Waals surface area contributed by atoms with Crippen molar-refractivity contribution in [3.63, 3.8) is 0 Å². The molecule has 0 aromatic carbocycles. The van der Waals surface area contributed by atoms with E-state index in [2.05, 4.69) is 23.7 Å². The van der Waals surface area contributed by atoms with E-state index in [-0.39, 0.29) is 12.2 Å². The molecule has 1 aliphatic heterocycles. The largest absolute Gasteiger partial charge is 0.372 e. The van der Waals surface area contributed by atoms with Crippen LogP contribution in [0.2, 0.25) is 5.15 Å². The van der Waals surface area contributed by atoms with Crippen molar-refractivity contribution in [1.29, 1.82) is 0 Å². The highest BCUT2D eigenvalue weighted by molar-refractivity contribution is 6.29. The van der Waals surface area contributed by atoms with Crippen LogP contribution in [0, 0.1) is 0 Å². The molecule has 0 aliphatic carbocycles. The van der Waals surface area contributed by atoms with Gasteiger partial charge in [0.15, 0.2) is 0 Å². The molecule has 0 saturated carbocycles. The molecule has 2 heterocycles. The molecule has 1 fully saturated rings. The van der Waals surface area contributed by atoms with Gasteiger partial charge in [-0.1, -0.05) is 11.6 Å². The van der Waals surface area contributed by atoms with Gasteiger partial charge in [0.05, 0.1) is 24.1 Å². The van der Waals surface area contributed by atoms with Crippen LogP contribution in [0.5, 0.6) is 0 Å².